The molecule has 0 atom stereocenters. The number of benzene rings is 2. The highest BCUT2D eigenvalue weighted by Gasteiger charge is 2.16. The van der Waals surface area contributed by atoms with E-state index in [9.17, 15) is 9.18 Å². The quantitative estimate of drug-likeness (QED) is 0.749. The Morgan fingerprint density at radius 1 is 1.07 bits per heavy atom. The number of rotatable bonds is 5. The van der Waals surface area contributed by atoms with Crippen molar-refractivity contribution in [2.75, 3.05) is 26.2 Å². The van der Waals surface area contributed by atoms with Crippen LogP contribution >= 0.6 is 0 Å². The lowest BCUT2D eigenvalue weighted by Gasteiger charge is -2.15. The minimum atomic E-state index is -0.347. The molecule has 5 heteroatoms. The zero-order valence-electron chi connectivity index (χ0n) is 15.1. The summed E-state index contributed by atoms with van der Waals surface area (Å²) in [6.07, 6.45) is 2.46. The van der Waals surface area contributed by atoms with Gasteiger partial charge in [0.25, 0.3) is 5.91 Å². The van der Waals surface area contributed by atoms with Gasteiger partial charge in [-0.15, -0.1) is 0 Å². The Balaban J connectivity index is 1.64. The van der Waals surface area contributed by atoms with Crippen molar-refractivity contribution < 1.29 is 9.18 Å². The van der Waals surface area contributed by atoms with Crippen LogP contribution in [0.1, 0.15) is 23.2 Å². The number of nitrogens with zero attached hydrogens (tertiary/aromatic N) is 2. The van der Waals surface area contributed by atoms with E-state index in [2.05, 4.69) is 15.2 Å². The standard InChI is InChI=1S/C22H22FN3O/c23-19-9-3-1-8-17(19)21-15-18(16-7-2-4-10-20(16)25-21)22(27)24-11-14-26-12-5-6-13-26/h1-4,7-10,15H,5-6,11-14H2,(H,24,27). The summed E-state index contributed by atoms with van der Waals surface area (Å²) in [7, 11) is 0. The van der Waals surface area contributed by atoms with Crippen molar-refractivity contribution in [1.82, 2.24) is 15.2 Å². The van der Waals surface area contributed by atoms with Gasteiger partial charge in [-0.25, -0.2) is 9.37 Å². The number of amides is 1. The maximum atomic E-state index is 14.2. The highest BCUT2D eigenvalue weighted by Crippen LogP contribution is 2.26. The third kappa shape index (κ3) is 3.83. The van der Waals surface area contributed by atoms with Gasteiger partial charge in [0.1, 0.15) is 5.82 Å². The van der Waals surface area contributed by atoms with Crippen LogP contribution in [0.5, 0.6) is 0 Å². The number of hydrogen-bond donors (Lipinski definition) is 1. The second-order valence-electron chi connectivity index (χ2n) is 6.86. The van der Waals surface area contributed by atoms with Crippen molar-refractivity contribution >= 4 is 16.8 Å². The SMILES string of the molecule is O=C(NCCN1CCCC1)c1cc(-c2ccccc2F)nc2ccccc12. The molecule has 1 aliphatic rings. The summed E-state index contributed by atoms with van der Waals surface area (Å²) in [5.41, 5.74) is 2.08. The summed E-state index contributed by atoms with van der Waals surface area (Å²) in [5.74, 6) is -0.494. The third-order valence-electron chi connectivity index (χ3n) is 5.02. The summed E-state index contributed by atoms with van der Waals surface area (Å²) >= 11 is 0. The zero-order valence-corrected chi connectivity index (χ0v) is 15.1. The smallest absolute Gasteiger partial charge is 0.252 e. The normalized spacial score (nSPS) is 14.6. The van der Waals surface area contributed by atoms with E-state index in [0.29, 0.717) is 28.9 Å². The summed E-state index contributed by atoms with van der Waals surface area (Å²) in [5, 5.41) is 3.78. The lowest BCUT2D eigenvalue weighted by molar-refractivity contribution is 0.0951. The van der Waals surface area contributed by atoms with Crippen LogP contribution in [0.3, 0.4) is 0 Å². The fraction of sp³-hybridized carbons (Fsp3) is 0.273. The first-order chi connectivity index (χ1) is 13.2. The van der Waals surface area contributed by atoms with Gasteiger partial charge < -0.3 is 10.2 Å². The molecule has 0 bridgehead atoms. The number of carbonyl (C=O) groups excluding carboxylic acids is 1. The van der Waals surface area contributed by atoms with Gasteiger partial charge in [-0.05, 0) is 50.2 Å². The van der Waals surface area contributed by atoms with Crippen LogP contribution in [0.4, 0.5) is 4.39 Å². The molecule has 1 amide bonds. The molecule has 0 spiro atoms. The fourth-order valence-corrected chi connectivity index (χ4v) is 3.60. The highest BCUT2D eigenvalue weighted by atomic mass is 19.1. The molecule has 0 aliphatic carbocycles. The van der Waals surface area contributed by atoms with Gasteiger partial charge in [0.15, 0.2) is 0 Å². The molecule has 2 heterocycles. The number of hydrogen-bond acceptors (Lipinski definition) is 3. The van der Waals surface area contributed by atoms with Crippen LogP contribution in [0.2, 0.25) is 0 Å². The number of nitrogens with one attached hydrogen (secondary N) is 1. The largest absolute Gasteiger partial charge is 0.351 e. The Morgan fingerprint density at radius 3 is 2.63 bits per heavy atom. The molecule has 0 saturated carbocycles. The van der Waals surface area contributed by atoms with Crippen molar-refractivity contribution in [2.45, 2.75) is 12.8 Å². The van der Waals surface area contributed by atoms with E-state index in [1.165, 1.54) is 18.9 Å². The average molecular weight is 363 g/mol. The number of likely N-dealkylation sites (tertiary alicyclic amines) is 1. The lowest BCUT2D eigenvalue weighted by atomic mass is 10.0. The van der Waals surface area contributed by atoms with E-state index >= 15 is 0 Å². The van der Waals surface area contributed by atoms with Gasteiger partial charge in [0, 0.05) is 24.0 Å². The molecule has 2 aromatic carbocycles. The van der Waals surface area contributed by atoms with Gasteiger partial charge in [0.05, 0.1) is 16.8 Å². The summed E-state index contributed by atoms with van der Waals surface area (Å²) in [6, 6.07) is 15.7. The van der Waals surface area contributed by atoms with E-state index in [1.54, 1.807) is 24.3 Å². The second kappa shape index (κ2) is 7.84. The molecule has 1 saturated heterocycles. The first-order valence-electron chi connectivity index (χ1n) is 9.37. The summed E-state index contributed by atoms with van der Waals surface area (Å²) in [4.78, 5) is 19.8. The number of para-hydroxylation sites is 1. The maximum Gasteiger partial charge on any atom is 0.252 e. The van der Waals surface area contributed by atoms with Gasteiger partial charge in [-0.1, -0.05) is 30.3 Å². The van der Waals surface area contributed by atoms with Gasteiger partial charge in [-0.3, -0.25) is 4.79 Å². The Bertz CT molecular complexity index is 967. The second-order valence-corrected chi connectivity index (χ2v) is 6.86. The molecule has 138 valence electrons. The van der Waals surface area contributed by atoms with Crippen LogP contribution in [-0.2, 0) is 0 Å². The van der Waals surface area contributed by atoms with Crippen molar-refractivity contribution in [3.05, 3.63) is 66.0 Å². The van der Waals surface area contributed by atoms with Crippen molar-refractivity contribution in [1.29, 1.82) is 0 Å². The van der Waals surface area contributed by atoms with Crippen molar-refractivity contribution in [2.24, 2.45) is 0 Å². The van der Waals surface area contributed by atoms with Gasteiger partial charge in [0.2, 0.25) is 0 Å². The molecule has 4 nitrogen and oxygen atoms in total. The van der Waals surface area contributed by atoms with Crippen molar-refractivity contribution in [3.8, 4) is 11.3 Å². The zero-order chi connectivity index (χ0) is 18.6. The molecule has 4 rings (SSSR count). The first-order valence-corrected chi connectivity index (χ1v) is 9.37. The number of pyridine rings is 1. The molecule has 0 unspecified atom stereocenters. The molecule has 27 heavy (non-hydrogen) atoms. The molecule has 1 aromatic heterocycles. The Hall–Kier alpha value is -2.79. The predicted molar refractivity (Wildman–Crippen MR) is 105 cm³/mol. The van der Waals surface area contributed by atoms with Crippen molar-refractivity contribution in [3.63, 3.8) is 0 Å². The lowest BCUT2D eigenvalue weighted by Crippen LogP contribution is -2.33. The molecular weight excluding hydrogens is 341 g/mol. The number of fused-ring (bicyclic) bond motifs is 1. The number of halogens is 1. The topological polar surface area (TPSA) is 45.2 Å². The minimum absolute atomic E-state index is 0.148. The van der Waals surface area contributed by atoms with Crippen LogP contribution in [-0.4, -0.2) is 42.0 Å². The minimum Gasteiger partial charge on any atom is -0.351 e. The predicted octanol–water partition coefficient (Wildman–Crippen LogP) is 3.87. The van der Waals surface area contributed by atoms with Crippen LogP contribution in [0.25, 0.3) is 22.2 Å². The Labute approximate surface area is 158 Å². The third-order valence-corrected chi connectivity index (χ3v) is 5.02. The summed E-state index contributed by atoms with van der Waals surface area (Å²) in [6.45, 7) is 3.66. The molecule has 1 fully saturated rings. The molecule has 1 N–H and O–H groups in total. The van der Waals surface area contributed by atoms with E-state index < -0.39 is 0 Å². The van der Waals surface area contributed by atoms with E-state index in [0.717, 1.165) is 25.0 Å². The van der Waals surface area contributed by atoms with E-state index in [-0.39, 0.29) is 11.7 Å². The van der Waals surface area contributed by atoms with Crippen LogP contribution in [0.15, 0.2) is 54.6 Å². The molecule has 3 aromatic rings. The summed E-state index contributed by atoms with van der Waals surface area (Å²) < 4.78 is 14.2. The molecule has 0 radical (unpaired) electrons. The Morgan fingerprint density at radius 2 is 1.81 bits per heavy atom. The van der Waals surface area contributed by atoms with E-state index in [4.69, 9.17) is 0 Å². The van der Waals surface area contributed by atoms with E-state index in [1.807, 2.05) is 24.3 Å². The maximum absolute atomic E-state index is 14.2. The van der Waals surface area contributed by atoms with Crippen LogP contribution in [0, 0.1) is 5.82 Å². The number of aromatic nitrogens is 1. The fourth-order valence-electron chi connectivity index (χ4n) is 3.60. The van der Waals surface area contributed by atoms with Crippen LogP contribution < -0.4 is 5.32 Å². The first kappa shape index (κ1) is 17.6. The number of carbonyl (C=O) groups is 1. The Kier molecular flexibility index (Phi) is 5.12. The highest BCUT2D eigenvalue weighted by molar-refractivity contribution is 6.07. The average Bonchev–Trinajstić information content (AvgIpc) is 3.21. The molecular formula is C22H22FN3O. The monoisotopic (exact) mass is 363 g/mol. The van der Waals surface area contributed by atoms with Gasteiger partial charge in [-0.2, -0.15) is 0 Å². The van der Waals surface area contributed by atoms with Gasteiger partial charge >= 0.3 is 0 Å². The molecule has 1 aliphatic heterocycles.